The summed E-state index contributed by atoms with van der Waals surface area (Å²) < 4.78 is 30.3. The van der Waals surface area contributed by atoms with Crippen LogP contribution in [0.1, 0.15) is 11.4 Å². The molecule has 4 aromatic rings. The Bertz CT molecular complexity index is 1550. The van der Waals surface area contributed by atoms with Crippen molar-refractivity contribution < 1.29 is 13.5 Å². The molecule has 5 rings (SSSR count). The lowest BCUT2D eigenvalue weighted by Gasteiger charge is -2.15. The molecule has 2 heterocycles. The third-order valence-electron chi connectivity index (χ3n) is 5.38. The molecule has 3 aromatic carbocycles. The Morgan fingerprint density at radius 3 is 2.29 bits per heavy atom. The van der Waals surface area contributed by atoms with Gasteiger partial charge in [0.2, 0.25) is 5.88 Å². The molecule has 0 fully saturated rings. The smallest absolute Gasteiger partial charge is 0.330 e. The van der Waals surface area contributed by atoms with Crippen LogP contribution >= 0.6 is 39.1 Å². The van der Waals surface area contributed by atoms with Crippen LogP contribution in [-0.2, 0) is 16.6 Å². The summed E-state index contributed by atoms with van der Waals surface area (Å²) in [6.07, 6.45) is 3.56. The molecule has 0 aliphatic carbocycles. The van der Waals surface area contributed by atoms with Crippen LogP contribution in [0.15, 0.2) is 89.5 Å². The molecular formula is C24H17BrCl2N4O3S. The summed E-state index contributed by atoms with van der Waals surface area (Å²) >= 11 is 16.0. The number of hydrogen-bond donors (Lipinski definition) is 2. The molecule has 0 spiro atoms. The van der Waals surface area contributed by atoms with E-state index in [-0.39, 0.29) is 0 Å². The summed E-state index contributed by atoms with van der Waals surface area (Å²) in [7, 11) is -3.87. The topological polar surface area (TPSA) is 87.5 Å². The first-order valence-electron chi connectivity index (χ1n) is 10.3. The fourth-order valence-corrected chi connectivity index (χ4v) is 5.56. The van der Waals surface area contributed by atoms with E-state index in [0.717, 1.165) is 37.6 Å². The van der Waals surface area contributed by atoms with Gasteiger partial charge >= 0.3 is 10.2 Å². The van der Waals surface area contributed by atoms with Crippen LogP contribution in [0.2, 0.25) is 10.0 Å². The fraction of sp³-hybridized carbons (Fsp3) is 0.0417. The first kappa shape index (κ1) is 23.7. The zero-order chi connectivity index (χ0) is 24.7. The second-order valence-corrected chi connectivity index (χ2v) is 11.1. The van der Waals surface area contributed by atoms with Crippen LogP contribution in [0.25, 0.3) is 16.9 Å². The molecule has 11 heteroatoms. The lowest BCUT2D eigenvalue weighted by molar-refractivity contribution is 0.392. The summed E-state index contributed by atoms with van der Waals surface area (Å²) in [6.45, 7) is 0. The highest BCUT2D eigenvalue weighted by atomic mass is 79.9. The molecular weight excluding hydrogens is 575 g/mol. The Hall–Kier alpha value is -2.98. The van der Waals surface area contributed by atoms with Crippen molar-refractivity contribution in [2.24, 2.45) is 0 Å². The third kappa shape index (κ3) is 4.90. The monoisotopic (exact) mass is 590 g/mol. The van der Waals surface area contributed by atoms with Gasteiger partial charge in [-0.1, -0.05) is 51.3 Å². The van der Waals surface area contributed by atoms with Gasteiger partial charge in [0.05, 0.1) is 22.6 Å². The molecule has 178 valence electrons. The van der Waals surface area contributed by atoms with Gasteiger partial charge < -0.3 is 9.67 Å². The van der Waals surface area contributed by atoms with Crippen LogP contribution in [0, 0.1) is 0 Å². The van der Waals surface area contributed by atoms with E-state index in [1.54, 1.807) is 36.4 Å². The van der Waals surface area contributed by atoms with Crippen molar-refractivity contribution >= 4 is 55.0 Å². The van der Waals surface area contributed by atoms with Gasteiger partial charge in [0, 0.05) is 33.4 Å². The summed E-state index contributed by atoms with van der Waals surface area (Å²) in [6, 6.07) is 20.1. The van der Waals surface area contributed by atoms with E-state index in [1.165, 1.54) is 0 Å². The zero-order valence-electron chi connectivity index (χ0n) is 17.9. The predicted molar refractivity (Wildman–Crippen MR) is 141 cm³/mol. The van der Waals surface area contributed by atoms with Crippen LogP contribution in [-0.4, -0.2) is 23.1 Å². The van der Waals surface area contributed by atoms with Crippen molar-refractivity contribution in [3.8, 4) is 16.9 Å². The number of nitrogens with one attached hydrogen (secondary N) is 1. The quantitative estimate of drug-likeness (QED) is 0.289. The molecule has 1 aliphatic heterocycles. The minimum atomic E-state index is -3.87. The molecule has 0 unspecified atom stereocenters. The highest BCUT2D eigenvalue weighted by Gasteiger charge is 2.28. The molecule has 0 radical (unpaired) electrons. The van der Waals surface area contributed by atoms with Gasteiger partial charge in [0.1, 0.15) is 5.82 Å². The lowest BCUT2D eigenvalue weighted by Crippen LogP contribution is -2.29. The summed E-state index contributed by atoms with van der Waals surface area (Å²) in [5.41, 5.74) is 3.66. The minimum Gasteiger partial charge on any atom is -0.493 e. The normalized spacial score (nSPS) is 14.6. The van der Waals surface area contributed by atoms with Crippen molar-refractivity contribution in [2.45, 2.75) is 6.42 Å². The first-order valence-corrected chi connectivity index (χ1v) is 13.3. The zero-order valence-corrected chi connectivity index (χ0v) is 21.8. The number of anilines is 1. The number of rotatable bonds is 5. The number of nitrogens with zero attached hydrogens (tertiary/aromatic N) is 3. The Morgan fingerprint density at radius 1 is 0.971 bits per heavy atom. The summed E-state index contributed by atoms with van der Waals surface area (Å²) in [5.74, 6) is 0.332. The first-order chi connectivity index (χ1) is 16.7. The van der Waals surface area contributed by atoms with E-state index < -0.39 is 16.1 Å². The molecule has 7 nitrogen and oxygen atoms in total. The SMILES string of the molecule is O=S1(=O)NC(O)=CN1c1ccc(-n2cc(-c3ccc(Cl)cc3Cl)nc2Cc2ccc(Br)cc2)cc1. The molecule has 1 aromatic heterocycles. The maximum atomic E-state index is 12.2. The van der Waals surface area contributed by atoms with Crippen LogP contribution in [0.4, 0.5) is 5.69 Å². The maximum absolute atomic E-state index is 12.2. The van der Waals surface area contributed by atoms with E-state index in [0.29, 0.717) is 27.8 Å². The van der Waals surface area contributed by atoms with Crippen molar-refractivity contribution in [3.05, 3.63) is 111 Å². The lowest BCUT2D eigenvalue weighted by atomic mass is 10.1. The molecule has 2 N–H and O–H groups in total. The van der Waals surface area contributed by atoms with Gasteiger partial charge in [-0.15, -0.1) is 0 Å². The largest absolute Gasteiger partial charge is 0.493 e. The van der Waals surface area contributed by atoms with Crippen molar-refractivity contribution in [3.63, 3.8) is 0 Å². The third-order valence-corrected chi connectivity index (χ3v) is 7.75. The van der Waals surface area contributed by atoms with Crippen LogP contribution in [0.5, 0.6) is 0 Å². The molecule has 0 atom stereocenters. The van der Waals surface area contributed by atoms with Gasteiger partial charge in [-0.25, -0.2) is 14.0 Å². The van der Waals surface area contributed by atoms with Gasteiger partial charge in [0.15, 0.2) is 0 Å². The average Bonchev–Trinajstić information content (AvgIpc) is 3.34. The number of aromatic nitrogens is 2. The number of aliphatic hydroxyl groups excluding tert-OH is 1. The van der Waals surface area contributed by atoms with E-state index in [9.17, 15) is 13.5 Å². The molecule has 0 saturated carbocycles. The summed E-state index contributed by atoms with van der Waals surface area (Å²) in [5, 5.41) is 10.6. The predicted octanol–water partition coefficient (Wildman–Crippen LogP) is 6.21. The van der Waals surface area contributed by atoms with Crippen molar-refractivity contribution in [1.29, 1.82) is 0 Å². The molecule has 1 aliphatic rings. The Morgan fingerprint density at radius 2 is 1.66 bits per heavy atom. The van der Waals surface area contributed by atoms with Gasteiger partial charge in [-0.05, 0) is 60.2 Å². The molecule has 0 saturated heterocycles. The van der Waals surface area contributed by atoms with Gasteiger partial charge in [0.25, 0.3) is 0 Å². The second kappa shape index (κ2) is 9.23. The molecule has 0 bridgehead atoms. The van der Waals surface area contributed by atoms with Gasteiger partial charge in [-0.3, -0.25) is 0 Å². The average molecular weight is 592 g/mol. The van der Waals surface area contributed by atoms with Gasteiger partial charge in [-0.2, -0.15) is 8.42 Å². The maximum Gasteiger partial charge on any atom is 0.330 e. The Kier molecular flexibility index (Phi) is 6.27. The van der Waals surface area contributed by atoms with Crippen LogP contribution in [0.3, 0.4) is 0 Å². The Labute approximate surface area is 220 Å². The fourth-order valence-electron chi connectivity index (χ4n) is 3.74. The van der Waals surface area contributed by atoms with Crippen LogP contribution < -0.4 is 9.03 Å². The Balaban J connectivity index is 1.56. The number of benzene rings is 3. The minimum absolute atomic E-state index is 0.376. The number of hydrogen-bond acceptors (Lipinski definition) is 4. The number of aliphatic hydroxyl groups is 1. The second-order valence-electron chi connectivity index (χ2n) is 7.77. The molecule has 0 amide bonds. The van der Waals surface area contributed by atoms with Crippen molar-refractivity contribution in [2.75, 3.05) is 4.31 Å². The number of halogens is 3. The van der Waals surface area contributed by atoms with E-state index >= 15 is 0 Å². The standard InChI is InChI=1S/C24H17BrCl2N4O3S/c25-16-3-1-15(2-4-16)11-23-28-22(20-10-5-17(26)12-21(20)27)13-30(23)18-6-8-19(9-7-18)31-14-24(32)29-35(31,33)34/h1-10,12-14,29,32H,11H2. The van der Waals surface area contributed by atoms with E-state index in [2.05, 4.69) is 15.9 Å². The number of imidazole rings is 1. The summed E-state index contributed by atoms with van der Waals surface area (Å²) in [4.78, 5) is 4.86. The van der Waals surface area contributed by atoms with Crippen molar-refractivity contribution in [1.82, 2.24) is 14.3 Å². The highest BCUT2D eigenvalue weighted by molar-refractivity contribution is 9.10. The van der Waals surface area contributed by atoms with E-state index in [1.807, 2.05) is 45.8 Å². The van der Waals surface area contributed by atoms with E-state index in [4.69, 9.17) is 28.2 Å². The highest BCUT2D eigenvalue weighted by Crippen LogP contribution is 2.32. The molecule has 35 heavy (non-hydrogen) atoms.